The van der Waals surface area contributed by atoms with E-state index in [2.05, 4.69) is 29.1 Å². The number of nitrogens with zero attached hydrogens (tertiary/aromatic N) is 3. The summed E-state index contributed by atoms with van der Waals surface area (Å²) in [5, 5.41) is 3.38. The van der Waals surface area contributed by atoms with Crippen LogP contribution in [0.5, 0.6) is 0 Å². The van der Waals surface area contributed by atoms with Gasteiger partial charge in [0.05, 0.1) is 0 Å². The maximum absolute atomic E-state index is 12.9. The minimum Gasteiger partial charge on any atom is -0.355 e. The lowest BCUT2D eigenvalue weighted by atomic mass is 10.2. The molecule has 0 radical (unpaired) electrons. The molecule has 0 saturated carbocycles. The molecule has 0 aliphatic rings. The summed E-state index contributed by atoms with van der Waals surface area (Å²) < 4.78 is 12.9. The molecule has 1 rings (SSSR count). The quantitative estimate of drug-likeness (QED) is 0.386. The third kappa shape index (κ3) is 8.50. The van der Waals surface area contributed by atoms with Crippen LogP contribution in [0, 0.1) is 5.82 Å². The Morgan fingerprint density at radius 2 is 1.83 bits per heavy atom. The number of rotatable bonds is 8. The highest BCUT2D eigenvalue weighted by Crippen LogP contribution is 2.05. The summed E-state index contributed by atoms with van der Waals surface area (Å²) in [5.41, 5.74) is 1.06. The second kappa shape index (κ2) is 12.5. The average molecular weight is 436 g/mol. The van der Waals surface area contributed by atoms with Gasteiger partial charge in [0.15, 0.2) is 5.96 Å². The molecule has 0 bridgehead atoms. The van der Waals surface area contributed by atoms with E-state index < -0.39 is 0 Å². The predicted octanol–water partition coefficient (Wildman–Crippen LogP) is 3.18. The zero-order valence-corrected chi connectivity index (χ0v) is 17.0. The van der Waals surface area contributed by atoms with Gasteiger partial charge >= 0.3 is 0 Å². The van der Waals surface area contributed by atoms with Gasteiger partial charge in [-0.15, -0.1) is 24.0 Å². The first-order valence-electron chi connectivity index (χ1n) is 7.99. The fourth-order valence-electron chi connectivity index (χ4n) is 2.39. The highest BCUT2D eigenvalue weighted by molar-refractivity contribution is 14.0. The molecular formula is C17H30FIN4. The van der Waals surface area contributed by atoms with Crippen molar-refractivity contribution in [3.05, 3.63) is 35.6 Å². The van der Waals surface area contributed by atoms with E-state index in [1.165, 1.54) is 18.6 Å². The third-order valence-electron chi connectivity index (χ3n) is 3.60. The Hall–Kier alpha value is -0.890. The van der Waals surface area contributed by atoms with Crippen LogP contribution in [0.2, 0.25) is 0 Å². The molecule has 0 aliphatic carbocycles. The third-order valence-corrected chi connectivity index (χ3v) is 3.60. The summed E-state index contributed by atoms with van der Waals surface area (Å²) >= 11 is 0. The van der Waals surface area contributed by atoms with E-state index in [-0.39, 0.29) is 29.8 Å². The number of hydrogen-bond acceptors (Lipinski definition) is 2. The lowest BCUT2D eigenvalue weighted by Gasteiger charge is -2.24. The monoisotopic (exact) mass is 436 g/mol. The van der Waals surface area contributed by atoms with Crippen LogP contribution in [0.1, 0.15) is 25.8 Å². The van der Waals surface area contributed by atoms with Crippen LogP contribution in [0.25, 0.3) is 0 Å². The molecule has 0 fully saturated rings. The molecule has 0 spiro atoms. The molecule has 1 aromatic rings. The van der Waals surface area contributed by atoms with Crippen LogP contribution in [-0.2, 0) is 6.54 Å². The van der Waals surface area contributed by atoms with Crippen molar-refractivity contribution in [2.45, 2.75) is 26.8 Å². The zero-order chi connectivity index (χ0) is 16.4. The van der Waals surface area contributed by atoms with Gasteiger partial charge < -0.3 is 15.1 Å². The lowest BCUT2D eigenvalue weighted by Crippen LogP contribution is -2.42. The minimum atomic E-state index is -0.204. The van der Waals surface area contributed by atoms with Gasteiger partial charge in [-0.3, -0.25) is 4.99 Å². The lowest BCUT2D eigenvalue weighted by molar-refractivity contribution is 0.291. The van der Waals surface area contributed by atoms with Crippen molar-refractivity contribution in [2.24, 2.45) is 4.99 Å². The smallest absolute Gasteiger partial charge is 0.193 e. The molecule has 1 N–H and O–H groups in total. The van der Waals surface area contributed by atoms with Crippen molar-refractivity contribution in [1.82, 2.24) is 15.1 Å². The minimum absolute atomic E-state index is 0. The summed E-state index contributed by atoms with van der Waals surface area (Å²) in [4.78, 5) is 8.77. The van der Waals surface area contributed by atoms with E-state index in [0.717, 1.165) is 37.7 Å². The van der Waals surface area contributed by atoms with E-state index in [1.54, 1.807) is 19.2 Å². The number of hydrogen-bond donors (Lipinski definition) is 1. The van der Waals surface area contributed by atoms with Crippen molar-refractivity contribution in [3.8, 4) is 0 Å². The Morgan fingerprint density at radius 3 is 2.35 bits per heavy atom. The van der Waals surface area contributed by atoms with Gasteiger partial charge in [0.25, 0.3) is 0 Å². The van der Waals surface area contributed by atoms with Gasteiger partial charge in [0.2, 0.25) is 0 Å². The largest absolute Gasteiger partial charge is 0.355 e. The highest BCUT2D eigenvalue weighted by atomic mass is 127. The molecule has 1 aromatic carbocycles. The van der Waals surface area contributed by atoms with E-state index >= 15 is 0 Å². The predicted molar refractivity (Wildman–Crippen MR) is 107 cm³/mol. The van der Waals surface area contributed by atoms with Crippen molar-refractivity contribution in [3.63, 3.8) is 0 Å². The molecule has 0 saturated heterocycles. The van der Waals surface area contributed by atoms with Crippen molar-refractivity contribution in [2.75, 3.05) is 40.3 Å². The fourth-order valence-corrected chi connectivity index (χ4v) is 2.39. The molecule has 0 heterocycles. The van der Waals surface area contributed by atoms with Gasteiger partial charge in [-0.05, 0) is 37.2 Å². The van der Waals surface area contributed by atoms with Crippen molar-refractivity contribution in [1.29, 1.82) is 0 Å². The molecule has 132 valence electrons. The van der Waals surface area contributed by atoms with Crippen LogP contribution in [0.4, 0.5) is 4.39 Å². The molecule has 23 heavy (non-hydrogen) atoms. The molecule has 0 aromatic heterocycles. The van der Waals surface area contributed by atoms with E-state index in [1.807, 2.05) is 11.9 Å². The number of guanidine groups is 1. The first kappa shape index (κ1) is 22.1. The Morgan fingerprint density at radius 1 is 1.17 bits per heavy atom. The van der Waals surface area contributed by atoms with Gasteiger partial charge in [-0.1, -0.05) is 26.0 Å². The van der Waals surface area contributed by atoms with Crippen LogP contribution in [-0.4, -0.2) is 56.0 Å². The van der Waals surface area contributed by atoms with Gasteiger partial charge in [-0.2, -0.15) is 0 Å². The Bertz CT molecular complexity index is 450. The Balaban J connectivity index is 0.00000484. The molecular weight excluding hydrogens is 406 g/mol. The summed E-state index contributed by atoms with van der Waals surface area (Å²) in [6.45, 7) is 9.16. The molecule has 0 atom stereocenters. The van der Waals surface area contributed by atoms with E-state index in [9.17, 15) is 4.39 Å². The zero-order valence-electron chi connectivity index (χ0n) is 14.7. The van der Waals surface area contributed by atoms with Crippen molar-refractivity contribution >= 4 is 29.9 Å². The van der Waals surface area contributed by atoms with Gasteiger partial charge in [0, 0.05) is 33.7 Å². The van der Waals surface area contributed by atoms with Crippen LogP contribution >= 0.6 is 24.0 Å². The maximum Gasteiger partial charge on any atom is 0.193 e. The number of halogens is 2. The summed E-state index contributed by atoms with van der Waals surface area (Å²) in [5.74, 6) is 0.654. The molecule has 0 unspecified atom stereocenters. The number of likely N-dealkylation sites (N-methyl/N-ethyl adjacent to an activating group) is 1. The summed E-state index contributed by atoms with van der Waals surface area (Å²) in [7, 11) is 3.77. The van der Waals surface area contributed by atoms with Crippen molar-refractivity contribution < 1.29 is 4.39 Å². The fraction of sp³-hybridized carbons (Fsp3) is 0.588. The summed E-state index contributed by atoms with van der Waals surface area (Å²) in [6, 6.07) is 6.59. The average Bonchev–Trinajstić information content (AvgIpc) is 2.52. The standard InChI is InChI=1S/C17H29FN4.HI/c1-5-12-22(6-2)13-11-20-17(19-3)21(4)14-15-7-9-16(18)10-8-15;/h7-10H,5-6,11-14H2,1-4H3,(H,19,20);1H. The highest BCUT2D eigenvalue weighted by Gasteiger charge is 2.07. The van der Waals surface area contributed by atoms with Crippen LogP contribution in [0.15, 0.2) is 29.3 Å². The van der Waals surface area contributed by atoms with Crippen LogP contribution < -0.4 is 5.32 Å². The number of nitrogens with one attached hydrogen (secondary N) is 1. The first-order valence-corrected chi connectivity index (χ1v) is 7.99. The van der Waals surface area contributed by atoms with Gasteiger partial charge in [-0.25, -0.2) is 4.39 Å². The molecule has 6 heteroatoms. The Kier molecular flexibility index (Phi) is 12.0. The number of benzene rings is 1. The molecule has 0 amide bonds. The second-order valence-electron chi connectivity index (χ2n) is 5.39. The SMILES string of the molecule is CCCN(CC)CCNC(=NC)N(C)Cc1ccc(F)cc1.I. The normalized spacial score (nSPS) is 11.3. The van der Waals surface area contributed by atoms with Crippen LogP contribution in [0.3, 0.4) is 0 Å². The topological polar surface area (TPSA) is 30.9 Å². The van der Waals surface area contributed by atoms with E-state index in [0.29, 0.717) is 6.54 Å². The van der Waals surface area contributed by atoms with Gasteiger partial charge in [0.1, 0.15) is 5.82 Å². The maximum atomic E-state index is 12.9. The molecule has 4 nitrogen and oxygen atoms in total. The second-order valence-corrected chi connectivity index (χ2v) is 5.39. The molecule has 0 aliphatic heterocycles. The first-order chi connectivity index (χ1) is 10.6. The Labute approximate surface area is 157 Å². The van der Waals surface area contributed by atoms with E-state index in [4.69, 9.17) is 0 Å². The number of aliphatic imine (C=N–C) groups is 1. The summed E-state index contributed by atoms with van der Waals surface area (Å²) in [6.07, 6.45) is 1.17.